The third-order valence-electron chi connectivity index (χ3n) is 5.77. The van der Waals surface area contributed by atoms with Gasteiger partial charge >= 0.3 is 11.9 Å². The zero-order valence-electron chi connectivity index (χ0n) is 17.0. The van der Waals surface area contributed by atoms with Crippen LogP contribution in [0.25, 0.3) is 11.1 Å². The molecule has 0 radical (unpaired) electrons. The van der Waals surface area contributed by atoms with E-state index in [1.165, 1.54) is 0 Å². The van der Waals surface area contributed by atoms with Gasteiger partial charge in [0.15, 0.2) is 5.92 Å². The highest BCUT2D eigenvalue weighted by atomic mass is 35.5. The first-order chi connectivity index (χ1) is 15.4. The van der Waals surface area contributed by atoms with Gasteiger partial charge in [-0.25, -0.2) is 0 Å². The topological polar surface area (TPSA) is 89.6 Å². The van der Waals surface area contributed by atoms with Crippen molar-refractivity contribution in [1.29, 1.82) is 0 Å². The fourth-order valence-electron chi connectivity index (χ4n) is 4.21. The molecule has 1 aliphatic carbocycles. The zero-order chi connectivity index (χ0) is 22.8. The number of carboxylic acid groups (broad SMARTS) is 1. The van der Waals surface area contributed by atoms with Gasteiger partial charge in [-0.1, -0.05) is 77.8 Å². The summed E-state index contributed by atoms with van der Waals surface area (Å²) in [7, 11) is 0. The number of carbonyl (C=O) groups is 2. The molecule has 3 aromatic rings. The van der Waals surface area contributed by atoms with Crippen LogP contribution in [0.3, 0.4) is 0 Å². The van der Waals surface area contributed by atoms with E-state index in [-0.39, 0.29) is 18.9 Å². The van der Waals surface area contributed by atoms with Gasteiger partial charge in [0, 0.05) is 22.0 Å². The van der Waals surface area contributed by atoms with Crippen molar-refractivity contribution in [2.75, 3.05) is 6.61 Å². The van der Waals surface area contributed by atoms with Gasteiger partial charge in [0.25, 0.3) is 0 Å². The normalized spacial score (nSPS) is 14.3. The van der Waals surface area contributed by atoms with E-state index in [2.05, 4.69) is 0 Å². The summed E-state index contributed by atoms with van der Waals surface area (Å²) in [6.07, 6.45) is 0.0944. The van der Waals surface area contributed by atoms with Gasteiger partial charge < -0.3 is 15.6 Å². The molecule has 0 bridgehead atoms. The Balaban J connectivity index is 1.50. The summed E-state index contributed by atoms with van der Waals surface area (Å²) < 4.78 is 5.52. The smallest absolute Gasteiger partial charge is 0.321 e. The molecule has 3 N–H and O–H groups in total. The van der Waals surface area contributed by atoms with Crippen molar-refractivity contribution in [3.05, 3.63) is 93.5 Å². The zero-order valence-corrected chi connectivity index (χ0v) is 18.5. The molecule has 0 fully saturated rings. The number of carboxylic acids is 1. The minimum atomic E-state index is -1.52. The molecule has 5 nitrogen and oxygen atoms in total. The van der Waals surface area contributed by atoms with Crippen LogP contribution in [0.2, 0.25) is 10.0 Å². The average Bonchev–Trinajstić information content (AvgIpc) is 3.08. The van der Waals surface area contributed by atoms with Crippen molar-refractivity contribution in [1.82, 2.24) is 0 Å². The monoisotopic (exact) mass is 469 g/mol. The van der Waals surface area contributed by atoms with Crippen LogP contribution in [-0.2, 0) is 20.7 Å². The third kappa shape index (κ3) is 4.37. The molecule has 0 saturated carbocycles. The Morgan fingerprint density at radius 1 is 0.969 bits per heavy atom. The lowest BCUT2D eigenvalue weighted by Gasteiger charge is -2.21. The second kappa shape index (κ2) is 9.33. The SMILES string of the molecule is NC(Cc1ccc(Cl)cc1Cl)[C@@H](C(=O)O)C(=O)OCC1c2ccccc2-c2ccccc21. The van der Waals surface area contributed by atoms with Gasteiger partial charge in [0.2, 0.25) is 0 Å². The summed E-state index contributed by atoms with van der Waals surface area (Å²) in [6.45, 7) is 0.0328. The molecule has 32 heavy (non-hydrogen) atoms. The maximum absolute atomic E-state index is 12.8. The van der Waals surface area contributed by atoms with Crippen LogP contribution in [0.4, 0.5) is 0 Å². The fourth-order valence-corrected chi connectivity index (χ4v) is 4.70. The van der Waals surface area contributed by atoms with E-state index < -0.39 is 23.9 Å². The predicted molar refractivity (Wildman–Crippen MR) is 124 cm³/mol. The highest BCUT2D eigenvalue weighted by molar-refractivity contribution is 6.35. The summed E-state index contributed by atoms with van der Waals surface area (Å²) in [5.41, 5.74) is 11.0. The molecule has 1 unspecified atom stereocenters. The summed E-state index contributed by atoms with van der Waals surface area (Å²) in [6, 6.07) is 19.7. The molecule has 0 amide bonds. The number of carbonyl (C=O) groups excluding carboxylic acids is 1. The maximum atomic E-state index is 12.8. The highest BCUT2D eigenvalue weighted by Gasteiger charge is 2.36. The molecule has 0 aromatic heterocycles. The quantitative estimate of drug-likeness (QED) is 0.378. The van der Waals surface area contributed by atoms with E-state index in [1.54, 1.807) is 18.2 Å². The number of aliphatic carboxylic acids is 1. The van der Waals surface area contributed by atoms with Crippen molar-refractivity contribution < 1.29 is 19.4 Å². The molecular formula is C25H21Cl2NO4. The van der Waals surface area contributed by atoms with Crippen LogP contribution >= 0.6 is 23.2 Å². The molecule has 0 aliphatic heterocycles. The van der Waals surface area contributed by atoms with Crippen molar-refractivity contribution in [2.24, 2.45) is 11.7 Å². The van der Waals surface area contributed by atoms with Crippen LogP contribution in [0, 0.1) is 5.92 Å². The van der Waals surface area contributed by atoms with E-state index in [9.17, 15) is 14.7 Å². The number of benzene rings is 3. The Bertz CT molecular complexity index is 1130. The number of hydrogen-bond donors (Lipinski definition) is 2. The minimum absolute atomic E-state index is 0.0328. The van der Waals surface area contributed by atoms with E-state index in [1.807, 2.05) is 48.5 Å². The van der Waals surface area contributed by atoms with Crippen molar-refractivity contribution in [2.45, 2.75) is 18.4 Å². The molecule has 0 spiro atoms. The van der Waals surface area contributed by atoms with E-state index in [4.69, 9.17) is 33.7 Å². The number of nitrogens with two attached hydrogens (primary N) is 1. The van der Waals surface area contributed by atoms with Crippen LogP contribution < -0.4 is 5.73 Å². The van der Waals surface area contributed by atoms with Crippen molar-refractivity contribution in [3.8, 4) is 11.1 Å². The lowest BCUT2D eigenvalue weighted by atomic mass is 9.94. The molecule has 1 aliphatic rings. The second-order valence-electron chi connectivity index (χ2n) is 7.78. The number of halogens is 2. The lowest BCUT2D eigenvalue weighted by molar-refractivity contribution is -0.159. The minimum Gasteiger partial charge on any atom is -0.481 e. The lowest BCUT2D eigenvalue weighted by Crippen LogP contribution is -2.43. The molecule has 164 valence electrons. The Hall–Kier alpha value is -2.86. The third-order valence-corrected chi connectivity index (χ3v) is 6.36. The number of ether oxygens (including phenoxy) is 1. The van der Waals surface area contributed by atoms with Crippen LogP contribution in [0.1, 0.15) is 22.6 Å². The Kier molecular flexibility index (Phi) is 6.51. The van der Waals surface area contributed by atoms with Gasteiger partial charge in [-0.05, 0) is 46.4 Å². The van der Waals surface area contributed by atoms with E-state index in [0.717, 1.165) is 22.3 Å². The highest BCUT2D eigenvalue weighted by Crippen LogP contribution is 2.44. The van der Waals surface area contributed by atoms with E-state index >= 15 is 0 Å². The van der Waals surface area contributed by atoms with Gasteiger partial charge in [-0.15, -0.1) is 0 Å². The largest absolute Gasteiger partial charge is 0.481 e. The van der Waals surface area contributed by atoms with Crippen LogP contribution in [-0.4, -0.2) is 29.7 Å². The van der Waals surface area contributed by atoms with Gasteiger partial charge in [0.1, 0.15) is 6.61 Å². The Morgan fingerprint density at radius 3 is 2.12 bits per heavy atom. The first-order valence-corrected chi connectivity index (χ1v) is 10.9. The fraction of sp³-hybridized carbons (Fsp3) is 0.200. The number of fused-ring (bicyclic) bond motifs is 3. The molecule has 2 atom stereocenters. The molecular weight excluding hydrogens is 449 g/mol. The molecule has 7 heteroatoms. The molecule has 0 saturated heterocycles. The summed E-state index contributed by atoms with van der Waals surface area (Å²) in [5, 5.41) is 10.5. The first-order valence-electron chi connectivity index (χ1n) is 10.1. The Morgan fingerprint density at radius 2 is 1.56 bits per heavy atom. The summed E-state index contributed by atoms with van der Waals surface area (Å²) >= 11 is 12.1. The average molecular weight is 470 g/mol. The van der Waals surface area contributed by atoms with E-state index in [0.29, 0.717) is 15.6 Å². The second-order valence-corrected chi connectivity index (χ2v) is 8.62. The first kappa shape index (κ1) is 22.3. The molecule has 4 rings (SSSR count). The van der Waals surface area contributed by atoms with Crippen molar-refractivity contribution in [3.63, 3.8) is 0 Å². The standard InChI is InChI=1S/C25H21Cl2NO4/c26-15-10-9-14(21(27)12-15)11-22(28)23(24(29)30)25(31)32-13-20-18-7-3-1-5-16(18)17-6-2-4-8-19(17)20/h1-10,12,20,22-23H,11,13,28H2,(H,29,30)/t22?,23-/m0/s1. The maximum Gasteiger partial charge on any atom is 0.321 e. The number of hydrogen-bond acceptors (Lipinski definition) is 4. The Labute approximate surface area is 195 Å². The van der Waals surface area contributed by atoms with Crippen molar-refractivity contribution >= 4 is 35.1 Å². The number of rotatable bonds is 7. The number of esters is 1. The van der Waals surface area contributed by atoms with Crippen LogP contribution in [0.5, 0.6) is 0 Å². The molecule has 3 aromatic carbocycles. The van der Waals surface area contributed by atoms with Gasteiger partial charge in [0.05, 0.1) is 0 Å². The van der Waals surface area contributed by atoms with Gasteiger partial charge in [-0.3, -0.25) is 9.59 Å². The van der Waals surface area contributed by atoms with Gasteiger partial charge in [-0.2, -0.15) is 0 Å². The predicted octanol–water partition coefficient (Wildman–Crippen LogP) is 4.92. The molecule has 0 heterocycles. The van der Waals surface area contributed by atoms with Crippen LogP contribution in [0.15, 0.2) is 66.7 Å². The summed E-state index contributed by atoms with van der Waals surface area (Å²) in [4.78, 5) is 24.7. The summed E-state index contributed by atoms with van der Waals surface area (Å²) in [5.74, 6) is -3.88.